The quantitative estimate of drug-likeness (QED) is 0.801. The maximum atomic E-state index is 11.5. The van der Waals surface area contributed by atoms with Gasteiger partial charge < -0.3 is 0 Å². The smallest absolute Gasteiger partial charge is 0.292 e. The molecule has 0 spiro atoms. The normalized spacial score (nSPS) is 10.3. The van der Waals surface area contributed by atoms with E-state index in [9.17, 15) is 9.59 Å². The predicted molar refractivity (Wildman–Crippen MR) is 60.2 cm³/mol. The van der Waals surface area contributed by atoms with Gasteiger partial charge in [-0.1, -0.05) is 6.07 Å². The summed E-state index contributed by atoms with van der Waals surface area (Å²) in [6, 6.07) is 6.74. The Hall–Kier alpha value is -2.17. The molecule has 1 N–H and O–H groups in total. The van der Waals surface area contributed by atoms with Crippen molar-refractivity contribution in [3.05, 3.63) is 51.3 Å². The van der Waals surface area contributed by atoms with Crippen LogP contribution in [0.3, 0.4) is 0 Å². The molecule has 0 atom stereocenters. The Bertz CT molecular complexity index is 599. The summed E-state index contributed by atoms with van der Waals surface area (Å²) in [4.78, 5) is 29.2. The summed E-state index contributed by atoms with van der Waals surface area (Å²) in [6.07, 6.45) is 1.63. The van der Waals surface area contributed by atoms with Crippen LogP contribution in [0.2, 0.25) is 0 Å². The fourth-order valence-corrected chi connectivity index (χ4v) is 1.56. The predicted octanol–water partition coefficient (Wildman–Crippen LogP) is 0.618. The molecule has 0 amide bonds. The Balaban J connectivity index is 2.74. The Morgan fingerprint density at radius 3 is 2.81 bits per heavy atom. The monoisotopic (exact) mass is 217 g/mol. The zero-order chi connectivity index (χ0) is 11.5. The Labute approximate surface area is 91.4 Å². The van der Waals surface area contributed by atoms with Crippen LogP contribution in [0.5, 0.6) is 0 Å². The van der Waals surface area contributed by atoms with Crippen molar-refractivity contribution in [1.29, 1.82) is 0 Å². The molecule has 2 aromatic heterocycles. The van der Waals surface area contributed by atoms with Crippen LogP contribution in [0.1, 0.15) is 6.92 Å². The zero-order valence-electron chi connectivity index (χ0n) is 8.80. The van der Waals surface area contributed by atoms with E-state index in [1.54, 1.807) is 18.3 Å². The van der Waals surface area contributed by atoms with Gasteiger partial charge in [0.15, 0.2) is 0 Å². The van der Waals surface area contributed by atoms with Crippen molar-refractivity contribution in [3.8, 4) is 11.4 Å². The molecule has 0 radical (unpaired) electrons. The molecule has 0 aliphatic carbocycles. The van der Waals surface area contributed by atoms with Gasteiger partial charge in [-0.25, -0.2) is 4.79 Å². The third-order valence-electron chi connectivity index (χ3n) is 2.28. The van der Waals surface area contributed by atoms with Gasteiger partial charge in [-0.05, 0) is 19.1 Å². The fourth-order valence-electron chi connectivity index (χ4n) is 1.56. The largest absolute Gasteiger partial charge is 0.328 e. The maximum absolute atomic E-state index is 11.5. The third kappa shape index (κ3) is 1.79. The van der Waals surface area contributed by atoms with Gasteiger partial charge in [-0.2, -0.15) is 0 Å². The van der Waals surface area contributed by atoms with Crippen molar-refractivity contribution >= 4 is 0 Å². The van der Waals surface area contributed by atoms with Gasteiger partial charge in [-0.3, -0.25) is 19.3 Å². The molecule has 82 valence electrons. The first-order valence-corrected chi connectivity index (χ1v) is 4.98. The first kappa shape index (κ1) is 10.4. The molecule has 5 heteroatoms. The van der Waals surface area contributed by atoms with Crippen LogP contribution in [-0.2, 0) is 6.54 Å². The number of rotatable bonds is 2. The fraction of sp³-hybridized carbons (Fsp3) is 0.182. The number of pyridine rings is 1. The summed E-state index contributed by atoms with van der Waals surface area (Å²) in [6.45, 7) is 2.33. The van der Waals surface area contributed by atoms with Gasteiger partial charge >= 0.3 is 5.69 Å². The van der Waals surface area contributed by atoms with Crippen molar-refractivity contribution in [2.24, 2.45) is 0 Å². The van der Waals surface area contributed by atoms with Crippen molar-refractivity contribution in [2.45, 2.75) is 13.5 Å². The van der Waals surface area contributed by atoms with E-state index in [1.165, 1.54) is 10.6 Å². The minimum atomic E-state index is -0.407. The number of aromatic nitrogens is 3. The maximum Gasteiger partial charge on any atom is 0.328 e. The lowest BCUT2D eigenvalue weighted by atomic mass is 10.2. The lowest BCUT2D eigenvalue weighted by Crippen LogP contribution is -2.30. The molecule has 0 saturated carbocycles. The van der Waals surface area contributed by atoms with E-state index in [-0.39, 0.29) is 0 Å². The van der Waals surface area contributed by atoms with Crippen molar-refractivity contribution < 1.29 is 0 Å². The van der Waals surface area contributed by atoms with Gasteiger partial charge in [0.2, 0.25) is 0 Å². The molecular weight excluding hydrogens is 206 g/mol. The SMILES string of the molecule is CCn1c(-c2ccccn2)cc(=O)[nH]c1=O. The van der Waals surface area contributed by atoms with Gasteiger partial charge in [0.25, 0.3) is 5.56 Å². The molecule has 16 heavy (non-hydrogen) atoms. The lowest BCUT2D eigenvalue weighted by Gasteiger charge is -2.08. The second kappa shape index (κ2) is 4.14. The van der Waals surface area contributed by atoms with Crippen LogP contribution in [0, 0.1) is 0 Å². The van der Waals surface area contributed by atoms with Gasteiger partial charge in [0.1, 0.15) is 0 Å². The summed E-state index contributed by atoms with van der Waals surface area (Å²) in [5, 5.41) is 0. The Kier molecular flexibility index (Phi) is 2.68. The van der Waals surface area contributed by atoms with Crippen LogP contribution >= 0.6 is 0 Å². The van der Waals surface area contributed by atoms with E-state index < -0.39 is 11.2 Å². The van der Waals surface area contributed by atoms with Gasteiger partial charge in [-0.15, -0.1) is 0 Å². The van der Waals surface area contributed by atoms with E-state index in [4.69, 9.17) is 0 Å². The molecule has 5 nitrogen and oxygen atoms in total. The Morgan fingerprint density at radius 2 is 2.19 bits per heavy atom. The van der Waals surface area contributed by atoms with Crippen LogP contribution in [0.15, 0.2) is 40.1 Å². The number of H-pyrrole nitrogens is 1. The first-order chi connectivity index (χ1) is 7.72. The highest BCUT2D eigenvalue weighted by molar-refractivity contribution is 5.53. The van der Waals surface area contributed by atoms with Crippen LogP contribution in [0.25, 0.3) is 11.4 Å². The van der Waals surface area contributed by atoms with Gasteiger partial charge in [0.05, 0.1) is 11.4 Å². The highest BCUT2D eigenvalue weighted by Gasteiger charge is 2.07. The molecule has 2 aromatic rings. The summed E-state index contributed by atoms with van der Waals surface area (Å²) in [7, 11) is 0. The molecule has 0 aliphatic rings. The summed E-state index contributed by atoms with van der Waals surface area (Å²) in [5.41, 5.74) is 0.343. The molecule has 0 aromatic carbocycles. The molecule has 2 rings (SSSR count). The molecule has 0 saturated heterocycles. The number of nitrogens with one attached hydrogen (secondary N) is 1. The van der Waals surface area contributed by atoms with Gasteiger partial charge in [0, 0.05) is 18.8 Å². The minimum absolute atomic E-state index is 0.407. The summed E-state index contributed by atoms with van der Waals surface area (Å²) in [5.74, 6) is 0. The molecule has 0 bridgehead atoms. The van der Waals surface area contributed by atoms with Crippen LogP contribution in [0.4, 0.5) is 0 Å². The second-order valence-electron chi connectivity index (χ2n) is 3.28. The minimum Gasteiger partial charge on any atom is -0.292 e. The van der Waals surface area contributed by atoms with Crippen molar-refractivity contribution in [3.63, 3.8) is 0 Å². The molecule has 2 heterocycles. The standard InChI is InChI=1S/C11H11N3O2/c1-2-14-9(7-10(15)13-11(14)16)8-5-3-4-6-12-8/h3-7H,2H2,1H3,(H,13,15,16). The average molecular weight is 217 g/mol. The van der Waals surface area contributed by atoms with E-state index >= 15 is 0 Å². The highest BCUT2D eigenvalue weighted by atomic mass is 16.2. The number of hydrogen-bond donors (Lipinski definition) is 1. The zero-order valence-corrected chi connectivity index (χ0v) is 8.80. The summed E-state index contributed by atoms with van der Waals surface area (Å²) < 4.78 is 1.48. The summed E-state index contributed by atoms with van der Waals surface area (Å²) >= 11 is 0. The van der Waals surface area contributed by atoms with Crippen LogP contribution in [-0.4, -0.2) is 14.5 Å². The van der Waals surface area contributed by atoms with E-state index in [0.717, 1.165) is 0 Å². The lowest BCUT2D eigenvalue weighted by molar-refractivity contribution is 0.700. The average Bonchev–Trinajstić information content (AvgIpc) is 2.29. The Morgan fingerprint density at radius 1 is 1.38 bits per heavy atom. The third-order valence-corrected chi connectivity index (χ3v) is 2.28. The molecule has 0 unspecified atom stereocenters. The van der Waals surface area contributed by atoms with Crippen molar-refractivity contribution in [1.82, 2.24) is 14.5 Å². The number of nitrogens with zero attached hydrogens (tertiary/aromatic N) is 2. The van der Waals surface area contributed by atoms with Crippen molar-refractivity contribution in [2.75, 3.05) is 0 Å². The second-order valence-corrected chi connectivity index (χ2v) is 3.28. The van der Waals surface area contributed by atoms with Crippen LogP contribution < -0.4 is 11.2 Å². The molecule has 0 aliphatic heterocycles. The first-order valence-electron chi connectivity index (χ1n) is 4.98. The molecule has 0 fully saturated rings. The molecular formula is C11H11N3O2. The number of aromatic amines is 1. The number of hydrogen-bond acceptors (Lipinski definition) is 3. The van der Waals surface area contributed by atoms with E-state index in [1.807, 2.05) is 13.0 Å². The topological polar surface area (TPSA) is 67.8 Å². The van der Waals surface area contributed by atoms with E-state index in [0.29, 0.717) is 17.9 Å². The highest BCUT2D eigenvalue weighted by Crippen LogP contribution is 2.11. The van der Waals surface area contributed by atoms with E-state index in [2.05, 4.69) is 9.97 Å².